The molecule has 1 aromatic heterocycles. The monoisotopic (exact) mass is 347 g/mol. The second-order valence-corrected chi connectivity index (χ2v) is 6.02. The Hall–Kier alpha value is -2.06. The molecule has 1 saturated heterocycles. The van der Waals surface area contributed by atoms with Gasteiger partial charge in [0.2, 0.25) is 11.7 Å². The van der Waals surface area contributed by atoms with Crippen LogP contribution in [0.4, 0.5) is 13.2 Å². The van der Waals surface area contributed by atoms with Gasteiger partial charge < -0.3 is 14.3 Å². The molecule has 6 nitrogen and oxygen atoms in total. The van der Waals surface area contributed by atoms with Gasteiger partial charge >= 0.3 is 6.18 Å². The van der Waals surface area contributed by atoms with E-state index < -0.39 is 30.6 Å². The molecule has 2 rings (SSSR count). The lowest BCUT2D eigenvalue weighted by atomic mass is 10.1. The number of amides is 2. The minimum atomic E-state index is -4.46. The smallest absolute Gasteiger partial charge is 0.351 e. The second kappa shape index (κ2) is 6.82. The molecule has 0 saturated carbocycles. The third kappa shape index (κ3) is 3.88. The van der Waals surface area contributed by atoms with E-state index in [-0.39, 0.29) is 24.6 Å². The van der Waals surface area contributed by atoms with Gasteiger partial charge in [0.1, 0.15) is 12.6 Å². The van der Waals surface area contributed by atoms with Crippen LogP contribution in [0.1, 0.15) is 48.9 Å². The van der Waals surface area contributed by atoms with Crippen LogP contribution in [0.2, 0.25) is 0 Å². The zero-order valence-electron chi connectivity index (χ0n) is 13.8. The molecule has 0 radical (unpaired) electrons. The van der Waals surface area contributed by atoms with Crippen molar-refractivity contribution < 1.29 is 27.3 Å². The third-order valence-corrected chi connectivity index (χ3v) is 4.28. The number of alkyl halides is 3. The highest BCUT2D eigenvalue weighted by Crippen LogP contribution is 2.24. The Labute approximate surface area is 137 Å². The average Bonchev–Trinajstić information content (AvgIpc) is 3.12. The summed E-state index contributed by atoms with van der Waals surface area (Å²) in [7, 11) is 1.38. The topological polar surface area (TPSA) is 66.7 Å². The quantitative estimate of drug-likeness (QED) is 0.820. The first kappa shape index (κ1) is 18.3. The molecule has 0 bridgehead atoms. The van der Waals surface area contributed by atoms with Gasteiger partial charge in [0, 0.05) is 25.6 Å². The van der Waals surface area contributed by atoms with Crippen molar-refractivity contribution in [1.82, 2.24) is 15.0 Å². The maximum Gasteiger partial charge on any atom is 0.406 e. The van der Waals surface area contributed by atoms with Crippen molar-refractivity contribution in [2.45, 2.75) is 44.8 Å². The zero-order valence-corrected chi connectivity index (χ0v) is 13.8. The van der Waals surface area contributed by atoms with E-state index in [9.17, 15) is 22.8 Å². The summed E-state index contributed by atoms with van der Waals surface area (Å²) < 4.78 is 42.4. The molecular weight excluding hydrogens is 327 g/mol. The van der Waals surface area contributed by atoms with Gasteiger partial charge in [-0.1, -0.05) is 19.0 Å². The number of rotatable bonds is 5. The molecule has 24 heavy (non-hydrogen) atoms. The summed E-state index contributed by atoms with van der Waals surface area (Å²) in [4.78, 5) is 26.3. The summed E-state index contributed by atoms with van der Waals surface area (Å²) in [6, 6.07) is 0.594. The number of likely N-dealkylation sites (N-methyl/N-ethyl adjacent to an activating group) is 1. The Morgan fingerprint density at radius 3 is 2.79 bits per heavy atom. The van der Waals surface area contributed by atoms with Crippen LogP contribution in [-0.4, -0.2) is 59.1 Å². The maximum atomic E-state index is 12.4. The van der Waals surface area contributed by atoms with Gasteiger partial charge in [0.15, 0.2) is 0 Å². The number of carbonyl (C=O) groups is 2. The minimum Gasteiger partial charge on any atom is -0.351 e. The van der Waals surface area contributed by atoms with Crippen molar-refractivity contribution in [3.05, 3.63) is 17.5 Å². The van der Waals surface area contributed by atoms with Gasteiger partial charge in [-0.15, -0.1) is 0 Å². The molecule has 2 amide bonds. The fourth-order valence-electron chi connectivity index (χ4n) is 2.60. The average molecular weight is 347 g/mol. The van der Waals surface area contributed by atoms with Crippen LogP contribution in [0, 0.1) is 0 Å². The molecule has 2 heterocycles. The molecule has 134 valence electrons. The molecule has 2 atom stereocenters. The van der Waals surface area contributed by atoms with Crippen LogP contribution < -0.4 is 0 Å². The number of halogens is 3. The van der Waals surface area contributed by atoms with E-state index in [1.807, 2.05) is 13.8 Å². The predicted molar refractivity (Wildman–Crippen MR) is 78.3 cm³/mol. The molecule has 2 unspecified atom stereocenters. The summed E-state index contributed by atoms with van der Waals surface area (Å²) in [5.74, 6) is -1.17. The van der Waals surface area contributed by atoms with Gasteiger partial charge in [0.25, 0.3) is 5.91 Å². The van der Waals surface area contributed by atoms with E-state index in [0.29, 0.717) is 5.69 Å². The van der Waals surface area contributed by atoms with Crippen LogP contribution >= 0.6 is 0 Å². The van der Waals surface area contributed by atoms with Crippen molar-refractivity contribution in [1.29, 1.82) is 0 Å². The van der Waals surface area contributed by atoms with Gasteiger partial charge in [-0.05, 0) is 12.8 Å². The van der Waals surface area contributed by atoms with Gasteiger partial charge in [0.05, 0.1) is 5.69 Å². The summed E-state index contributed by atoms with van der Waals surface area (Å²) in [6.45, 7) is 2.57. The summed E-state index contributed by atoms with van der Waals surface area (Å²) >= 11 is 0. The van der Waals surface area contributed by atoms with Crippen LogP contribution in [0.15, 0.2) is 10.6 Å². The lowest BCUT2D eigenvalue weighted by Gasteiger charge is -2.23. The molecule has 1 fully saturated rings. The van der Waals surface area contributed by atoms with Crippen molar-refractivity contribution in [3.63, 3.8) is 0 Å². The largest absolute Gasteiger partial charge is 0.406 e. The number of likely N-dealkylation sites (tertiary alicyclic amines) is 1. The molecule has 0 spiro atoms. The summed E-state index contributed by atoms with van der Waals surface area (Å²) in [6.07, 6.45) is -3.48. The first-order valence-corrected chi connectivity index (χ1v) is 7.73. The van der Waals surface area contributed by atoms with E-state index in [4.69, 9.17) is 4.52 Å². The fraction of sp³-hybridized carbons (Fsp3) is 0.667. The van der Waals surface area contributed by atoms with Crippen LogP contribution in [0.25, 0.3) is 0 Å². The van der Waals surface area contributed by atoms with Crippen molar-refractivity contribution >= 4 is 11.8 Å². The highest BCUT2D eigenvalue weighted by molar-refractivity contribution is 5.96. The second-order valence-electron chi connectivity index (χ2n) is 6.02. The van der Waals surface area contributed by atoms with E-state index in [2.05, 4.69) is 5.16 Å². The number of aromatic nitrogens is 1. The molecule has 0 N–H and O–H groups in total. The number of carbonyl (C=O) groups excluding carboxylic acids is 2. The van der Waals surface area contributed by atoms with E-state index >= 15 is 0 Å². The predicted octanol–water partition coefficient (Wildman–Crippen LogP) is 2.42. The SMILES string of the molecule is CCC(C)c1cc(C(=O)N(C)C2CCN(CC(F)(F)F)C2=O)on1. The Morgan fingerprint density at radius 2 is 2.21 bits per heavy atom. The lowest BCUT2D eigenvalue weighted by molar-refractivity contribution is -0.158. The highest BCUT2D eigenvalue weighted by Gasteiger charge is 2.42. The highest BCUT2D eigenvalue weighted by atomic mass is 19.4. The molecule has 1 aliphatic rings. The Kier molecular flexibility index (Phi) is 5.19. The fourth-order valence-corrected chi connectivity index (χ4v) is 2.60. The summed E-state index contributed by atoms with van der Waals surface area (Å²) in [5, 5.41) is 3.83. The normalized spacial score (nSPS) is 19.7. The van der Waals surface area contributed by atoms with Gasteiger partial charge in [-0.25, -0.2) is 0 Å². The third-order valence-electron chi connectivity index (χ3n) is 4.28. The van der Waals surface area contributed by atoms with Gasteiger partial charge in [-0.2, -0.15) is 13.2 Å². The van der Waals surface area contributed by atoms with Gasteiger partial charge in [-0.3, -0.25) is 9.59 Å². The Bertz CT molecular complexity index is 615. The molecule has 0 aliphatic carbocycles. The van der Waals surface area contributed by atoms with Crippen LogP contribution in [0.5, 0.6) is 0 Å². The minimum absolute atomic E-state index is 0.0186. The molecule has 0 aromatic carbocycles. The van der Waals surface area contributed by atoms with Crippen LogP contribution in [-0.2, 0) is 4.79 Å². The van der Waals surface area contributed by atoms with Crippen molar-refractivity contribution in [2.24, 2.45) is 0 Å². The Morgan fingerprint density at radius 1 is 1.54 bits per heavy atom. The number of hydrogen-bond donors (Lipinski definition) is 0. The van der Waals surface area contributed by atoms with E-state index in [1.165, 1.54) is 13.1 Å². The van der Waals surface area contributed by atoms with E-state index in [1.54, 1.807) is 0 Å². The molecule has 1 aliphatic heterocycles. The Balaban J connectivity index is 2.06. The zero-order chi connectivity index (χ0) is 18.1. The first-order valence-electron chi connectivity index (χ1n) is 7.73. The number of nitrogens with zero attached hydrogens (tertiary/aromatic N) is 3. The lowest BCUT2D eigenvalue weighted by Crippen LogP contribution is -2.44. The standard InChI is InChI=1S/C15H20F3N3O3/c1-4-9(2)10-7-12(24-19-10)14(23)20(3)11-5-6-21(13(11)22)8-15(16,17)18/h7,9,11H,4-6,8H2,1-3H3. The molecular formula is C15H20F3N3O3. The van der Waals surface area contributed by atoms with Crippen LogP contribution in [0.3, 0.4) is 0 Å². The molecule has 9 heteroatoms. The molecule has 1 aromatic rings. The van der Waals surface area contributed by atoms with Crippen molar-refractivity contribution in [3.8, 4) is 0 Å². The van der Waals surface area contributed by atoms with Crippen molar-refractivity contribution in [2.75, 3.05) is 20.1 Å². The first-order chi connectivity index (χ1) is 11.1. The number of hydrogen-bond acceptors (Lipinski definition) is 4. The maximum absolute atomic E-state index is 12.4. The summed E-state index contributed by atoms with van der Waals surface area (Å²) in [5.41, 5.74) is 0.630. The van der Waals surface area contributed by atoms with E-state index in [0.717, 1.165) is 16.2 Å².